The van der Waals surface area contributed by atoms with Crippen molar-refractivity contribution in [2.24, 2.45) is 17.3 Å². The number of hydrogen-bond acceptors (Lipinski definition) is 5. The van der Waals surface area contributed by atoms with Crippen LogP contribution in [0.25, 0.3) is 0 Å². The number of esters is 2. The van der Waals surface area contributed by atoms with Crippen LogP contribution < -0.4 is 10.6 Å². The van der Waals surface area contributed by atoms with Crippen LogP contribution in [-0.2, 0) is 19.1 Å². The van der Waals surface area contributed by atoms with Gasteiger partial charge in [-0.15, -0.1) is 0 Å². The zero-order chi connectivity index (χ0) is 20.1. The first-order chi connectivity index (χ1) is 13.2. The monoisotopic (exact) mass is 454 g/mol. The van der Waals surface area contributed by atoms with Crippen molar-refractivity contribution in [3.63, 3.8) is 0 Å². The highest BCUT2D eigenvalue weighted by Gasteiger charge is 2.60. The second-order valence-electron chi connectivity index (χ2n) is 8.90. The van der Waals surface area contributed by atoms with Crippen LogP contribution in [0, 0.1) is 17.3 Å². The van der Waals surface area contributed by atoms with E-state index in [0.29, 0.717) is 23.1 Å². The van der Waals surface area contributed by atoms with Gasteiger partial charge in [-0.2, -0.15) is 0 Å². The SMILES string of the molecule is CCOC(=O)C1=C(COC(=O)C23C[C@@H]4C[C@@H](CC(Br)(C4)C2)C3)NC(=O)N[C@@H]1C. The summed E-state index contributed by atoms with van der Waals surface area (Å²) in [5.41, 5.74) is 0.166. The van der Waals surface area contributed by atoms with E-state index >= 15 is 0 Å². The molecule has 5 aliphatic rings. The molecule has 1 aliphatic heterocycles. The lowest BCUT2D eigenvalue weighted by molar-refractivity contribution is -0.168. The molecular formula is C20H27BrN2O5. The second-order valence-corrected chi connectivity index (χ2v) is 10.6. The van der Waals surface area contributed by atoms with E-state index in [2.05, 4.69) is 26.6 Å². The minimum atomic E-state index is -0.511. The van der Waals surface area contributed by atoms with E-state index in [1.54, 1.807) is 13.8 Å². The van der Waals surface area contributed by atoms with E-state index in [1.807, 2.05) is 0 Å². The molecule has 4 aliphatic carbocycles. The summed E-state index contributed by atoms with van der Waals surface area (Å²) in [6.07, 6.45) is 6.04. The number of hydrogen-bond donors (Lipinski definition) is 2. The minimum absolute atomic E-state index is 0.0585. The lowest BCUT2D eigenvalue weighted by atomic mass is 9.49. The summed E-state index contributed by atoms with van der Waals surface area (Å²) in [6.45, 7) is 3.54. The topological polar surface area (TPSA) is 93.7 Å². The molecule has 0 aromatic carbocycles. The predicted molar refractivity (Wildman–Crippen MR) is 105 cm³/mol. The summed E-state index contributed by atoms with van der Waals surface area (Å²) in [5.74, 6) is 0.423. The van der Waals surface area contributed by atoms with Gasteiger partial charge in [-0.05, 0) is 64.2 Å². The Hall–Kier alpha value is -1.57. The Morgan fingerprint density at radius 1 is 1.18 bits per heavy atom. The average molecular weight is 455 g/mol. The number of carbonyl (C=O) groups excluding carboxylic acids is 3. The van der Waals surface area contributed by atoms with Crippen molar-refractivity contribution < 1.29 is 23.9 Å². The van der Waals surface area contributed by atoms with Crippen LogP contribution in [0.5, 0.6) is 0 Å². The van der Waals surface area contributed by atoms with E-state index in [1.165, 1.54) is 6.42 Å². The van der Waals surface area contributed by atoms with Crippen LogP contribution in [0.4, 0.5) is 4.79 Å². The molecule has 2 amide bonds. The molecule has 0 aromatic rings. The van der Waals surface area contributed by atoms with E-state index in [0.717, 1.165) is 32.1 Å². The largest absolute Gasteiger partial charge is 0.463 e. The number of alkyl halides is 1. The molecule has 154 valence electrons. The first kappa shape index (κ1) is 19.7. The van der Waals surface area contributed by atoms with Crippen molar-refractivity contribution >= 4 is 33.9 Å². The number of nitrogens with one attached hydrogen (secondary N) is 2. The molecule has 1 heterocycles. The van der Waals surface area contributed by atoms with Crippen molar-refractivity contribution in [1.29, 1.82) is 0 Å². The van der Waals surface area contributed by atoms with Crippen molar-refractivity contribution in [3.8, 4) is 0 Å². The first-order valence-corrected chi connectivity index (χ1v) is 10.9. The van der Waals surface area contributed by atoms with Crippen LogP contribution in [0.1, 0.15) is 52.4 Å². The number of urea groups is 1. The van der Waals surface area contributed by atoms with Gasteiger partial charge >= 0.3 is 18.0 Å². The fourth-order valence-electron chi connectivity index (χ4n) is 6.07. The molecule has 8 heteroatoms. The molecule has 2 N–H and O–H groups in total. The Balaban J connectivity index is 1.51. The van der Waals surface area contributed by atoms with Crippen molar-refractivity contribution in [1.82, 2.24) is 10.6 Å². The molecule has 0 radical (unpaired) electrons. The number of ether oxygens (including phenoxy) is 2. The molecular weight excluding hydrogens is 428 g/mol. The van der Waals surface area contributed by atoms with Crippen molar-refractivity contribution in [3.05, 3.63) is 11.3 Å². The predicted octanol–water partition coefficient (Wildman–Crippen LogP) is 2.78. The fourth-order valence-corrected chi connectivity index (χ4v) is 7.53. The Kier molecular flexibility index (Phi) is 4.96. The number of rotatable bonds is 5. The lowest BCUT2D eigenvalue weighted by Crippen LogP contribution is -2.56. The van der Waals surface area contributed by atoms with Crippen molar-refractivity contribution in [2.45, 2.75) is 62.7 Å². The summed E-state index contributed by atoms with van der Waals surface area (Å²) in [7, 11) is 0. The van der Waals surface area contributed by atoms with Crippen LogP contribution in [0.15, 0.2) is 11.3 Å². The molecule has 0 spiro atoms. The number of amides is 2. The molecule has 28 heavy (non-hydrogen) atoms. The Labute approximate surface area is 173 Å². The highest BCUT2D eigenvalue weighted by Crippen LogP contribution is 2.64. The molecule has 2 unspecified atom stereocenters. The van der Waals surface area contributed by atoms with Crippen LogP contribution in [0.3, 0.4) is 0 Å². The van der Waals surface area contributed by atoms with Gasteiger partial charge in [-0.1, -0.05) is 15.9 Å². The Morgan fingerprint density at radius 3 is 2.46 bits per heavy atom. The summed E-state index contributed by atoms with van der Waals surface area (Å²) < 4.78 is 10.9. The van der Waals surface area contributed by atoms with Crippen LogP contribution >= 0.6 is 15.9 Å². The van der Waals surface area contributed by atoms with Gasteiger partial charge in [0, 0.05) is 4.32 Å². The zero-order valence-corrected chi connectivity index (χ0v) is 17.9. The molecule has 0 saturated heterocycles. The van der Waals surface area contributed by atoms with Gasteiger partial charge in [0.25, 0.3) is 0 Å². The van der Waals surface area contributed by atoms with E-state index in [4.69, 9.17) is 9.47 Å². The van der Waals surface area contributed by atoms with Gasteiger partial charge in [-0.25, -0.2) is 9.59 Å². The summed E-state index contributed by atoms with van der Waals surface area (Å²) in [5, 5.41) is 5.26. The molecule has 5 rings (SSSR count). The number of halogens is 1. The normalized spacial score (nSPS) is 38.7. The quantitative estimate of drug-likeness (QED) is 0.491. The molecule has 4 fully saturated rings. The van der Waals surface area contributed by atoms with E-state index in [-0.39, 0.29) is 23.5 Å². The standard InChI is InChI=1S/C20H27BrN2O5/c1-3-27-16(24)15-11(2)22-18(26)23-14(15)9-28-17(25)19-5-12-4-13(6-19)8-20(21,7-12)10-19/h11-13H,3-10H2,1-2H3,(H2,22,23,26)/t11-,12-,13+,19?,20?/m1/s1. The molecule has 4 bridgehead atoms. The van der Waals surface area contributed by atoms with Crippen molar-refractivity contribution in [2.75, 3.05) is 13.2 Å². The van der Waals surface area contributed by atoms with E-state index < -0.39 is 23.5 Å². The van der Waals surface area contributed by atoms with Crippen LogP contribution in [0.2, 0.25) is 0 Å². The Bertz CT molecular complexity index is 735. The molecule has 4 saturated carbocycles. The van der Waals surface area contributed by atoms with Gasteiger partial charge in [0.05, 0.1) is 29.3 Å². The van der Waals surface area contributed by atoms with Gasteiger partial charge in [0.1, 0.15) is 6.61 Å². The lowest BCUT2D eigenvalue weighted by Gasteiger charge is -2.58. The summed E-state index contributed by atoms with van der Waals surface area (Å²) >= 11 is 3.91. The van der Waals surface area contributed by atoms with Crippen LogP contribution in [-0.4, -0.2) is 41.5 Å². The zero-order valence-electron chi connectivity index (χ0n) is 16.3. The maximum absolute atomic E-state index is 13.1. The second kappa shape index (κ2) is 7.04. The average Bonchev–Trinajstić information content (AvgIpc) is 2.57. The minimum Gasteiger partial charge on any atom is -0.463 e. The summed E-state index contributed by atoms with van der Waals surface area (Å²) in [6, 6.07) is -0.923. The smallest absolute Gasteiger partial charge is 0.338 e. The fraction of sp³-hybridized carbons (Fsp3) is 0.750. The van der Waals surface area contributed by atoms with Gasteiger partial charge < -0.3 is 20.1 Å². The van der Waals surface area contributed by atoms with Gasteiger partial charge in [0.15, 0.2) is 0 Å². The highest BCUT2D eigenvalue weighted by molar-refractivity contribution is 9.10. The third-order valence-electron chi connectivity index (χ3n) is 6.64. The summed E-state index contributed by atoms with van der Waals surface area (Å²) in [4.78, 5) is 37.3. The van der Waals surface area contributed by atoms with E-state index in [9.17, 15) is 14.4 Å². The number of carbonyl (C=O) groups is 3. The van der Waals surface area contributed by atoms with Gasteiger partial charge in [-0.3, -0.25) is 4.79 Å². The molecule has 0 aromatic heterocycles. The Morgan fingerprint density at radius 2 is 1.86 bits per heavy atom. The maximum Gasteiger partial charge on any atom is 0.338 e. The highest BCUT2D eigenvalue weighted by atomic mass is 79.9. The molecule has 5 atom stereocenters. The first-order valence-electron chi connectivity index (χ1n) is 10.1. The molecule has 7 nitrogen and oxygen atoms in total. The maximum atomic E-state index is 13.1. The van der Waals surface area contributed by atoms with Gasteiger partial charge in [0.2, 0.25) is 0 Å². The third kappa shape index (κ3) is 3.44. The third-order valence-corrected chi connectivity index (χ3v) is 7.56.